The zero-order valence-corrected chi connectivity index (χ0v) is 8.78. The predicted molar refractivity (Wildman–Crippen MR) is 62.9 cm³/mol. The van der Waals surface area contributed by atoms with Crippen LogP contribution >= 0.6 is 0 Å². The molecule has 0 aromatic heterocycles. The topological polar surface area (TPSA) is 0 Å². The Morgan fingerprint density at radius 2 is 1.43 bits per heavy atom. The van der Waals surface area contributed by atoms with Gasteiger partial charge in [-0.3, -0.25) is 0 Å². The molecular weight excluding hydrogens is 168 g/mol. The third-order valence-corrected chi connectivity index (χ3v) is 2.16. The highest BCUT2D eigenvalue weighted by molar-refractivity contribution is 4.99. The van der Waals surface area contributed by atoms with Gasteiger partial charge in [-0.1, -0.05) is 42.5 Å². The molecule has 1 rings (SSSR count). The van der Waals surface area contributed by atoms with Crippen LogP contribution in [-0.4, -0.2) is 0 Å². The molecular formula is C14H19. The second-order valence-corrected chi connectivity index (χ2v) is 3.46. The molecule has 0 nitrogen and oxygen atoms in total. The van der Waals surface area contributed by atoms with E-state index >= 15 is 0 Å². The smallest absolute Gasteiger partial charge is 0.0160 e. The van der Waals surface area contributed by atoms with E-state index in [1.54, 1.807) is 0 Å². The van der Waals surface area contributed by atoms with E-state index in [1.807, 2.05) is 6.08 Å². The molecule has 0 aliphatic heterocycles. The van der Waals surface area contributed by atoms with Crippen LogP contribution in [0.5, 0.6) is 0 Å². The molecule has 0 spiro atoms. The third kappa shape index (κ3) is 6.47. The van der Waals surface area contributed by atoms with Crippen LogP contribution in [0.1, 0.15) is 38.5 Å². The Morgan fingerprint density at radius 3 is 2.36 bits per heavy atom. The summed E-state index contributed by atoms with van der Waals surface area (Å²) < 4.78 is 0. The molecule has 0 unspecified atom stereocenters. The summed E-state index contributed by atoms with van der Waals surface area (Å²) in [6, 6.07) is 0. The van der Waals surface area contributed by atoms with Crippen molar-refractivity contribution in [3.8, 4) is 0 Å². The van der Waals surface area contributed by atoms with Gasteiger partial charge in [-0.2, -0.15) is 0 Å². The zero-order chi connectivity index (χ0) is 9.90. The Morgan fingerprint density at radius 1 is 0.714 bits per heavy atom. The van der Waals surface area contributed by atoms with Gasteiger partial charge < -0.3 is 0 Å². The molecule has 0 atom stereocenters. The Labute approximate surface area is 87.7 Å². The van der Waals surface area contributed by atoms with Gasteiger partial charge in [0.25, 0.3) is 0 Å². The Bertz CT molecular complexity index is 228. The average Bonchev–Trinajstić information content (AvgIpc) is 2.22. The van der Waals surface area contributed by atoms with E-state index in [4.69, 9.17) is 0 Å². The van der Waals surface area contributed by atoms with Gasteiger partial charge in [-0.25, -0.2) is 0 Å². The van der Waals surface area contributed by atoms with Crippen molar-refractivity contribution in [3.63, 3.8) is 0 Å². The van der Waals surface area contributed by atoms with Gasteiger partial charge in [-0.05, 0) is 44.6 Å². The van der Waals surface area contributed by atoms with Gasteiger partial charge in [0.1, 0.15) is 0 Å². The molecule has 14 heavy (non-hydrogen) atoms. The molecule has 0 heteroatoms. The van der Waals surface area contributed by atoms with Gasteiger partial charge in [0.2, 0.25) is 0 Å². The maximum Gasteiger partial charge on any atom is -0.0160 e. The normalized spacial score (nSPS) is 28.6. The van der Waals surface area contributed by atoms with Crippen molar-refractivity contribution in [2.24, 2.45) is 0 Å². The van der Waals surface area contributed by atoms with Gasteiger partial charge in [-0.15, -0.1) is 0 Å². The van der Waals surface area contributed by atoms with Crippen molar-refractivity contribution >= 4 is 0 Å². The first-order valence-corrected chi connectivity index (χ1v) is 5.53. The maximum absolute atomic E-state index is 3.16. The SMILES string of the molecule is [C]1=C/C/C=C/CC/C=C/CCC\C=C/1. The fourth-order valence-corrected chi connectivity index (χ4v) is 1.35. The van der Waals surface area contributed by atoms with Crippen LogP contribution in [0.15, 0.2) is 42.5 Å². The molecule has 0 aromatic rings. The molecule has 0 N–H and O–H groups in total. The van der Waals surface area contributed by atoms with E-state index in [0.717, 1.165) is 6.42 Å². The number of hydrogen-bond acceptors (Lipinski definition) is 0. The molecule has 0 saturated heterocycles. The highest BCUT2D eigenvalue weighted by Crippen LogP contribution is 2.02. The Kier molecular flexibility index (Phi) is 6.74. The fraction of sp³-hybridized carbons (Fsp3) is 0.429. The molecule has 0 heterocycles. The lowest BCUT2D eigenvalue weighted by atomic mass is 10.2. The Hall–Kier alpha value is -1.04. The van der Waals surface area contributed by atoms with Crippen LogP contribution in [0, 0.1) is 6.08 Å². The minimum Gasteiger partial charge on any atom is -0.0885 e. The summed E-state index contributed by atoms with van der Waals surface area (Å²) in [5.74, 6) is 0. The van der Waals surface area contributed by atoms with Crippen LogP contribution in [0.25, 0.3) is 0 Å². The monoisotopic (exact) mass is 187 g/mol. The van der Waals surface area contributed by atoms with Gasteiger partial charge in [0, 0.05) is 0 Å². The molecule has 0 bridgehead atoms. The number of rotatable bonds is 0. The molecule has 75 valence electrons. The highest BCUT2D eigenvalue weighted by atomic mass is 13.9. The number of hydrogen-bond donors (Lipinski definition) is 0. The summed E-state index contributed by atoms with van der Waals surface area (Å²) in [5.41, 5.74) is 0. The minimum atomic E-state index is 1.01. The Balaban J connectivity index is 2.34. The van der Waals surface area contributed by atoms with Crippen molar-refractivity contribution in [2.45, 2.75) is 38.5 Å². The lowest BCUT2D eigenvalue weighted by Gasteiger charge is -1.91. The minimum absolute atomic E-state index is 1.01. The summed E-state index contributed by atoms with van der Waals surface area (Å²) in [7, 11) is 0. The molecule has 1 aliphatic carbocycles. The standard InChI is InChI=1S/C14H19/c1-2-4-6-8-10-12-14-13-11-9-7-5-3-1/h1-2,5,8-11H,3-4,6,12-14H2/b2-1+,7-5?,10-8+,11-9-. The van der Waals surface area contributed by atoms with Crippen molar-refractivity contribution < 1.29 is 0 Å². The van der Waals surface area contributed by atoms with Crippen molar-refractivity contribution in [2.75, 3.05) is 0 Å². The van der Waals surface area contributed by atoms with Crippen molar-refractivity contribution in [1.29, 1.82) is 0 Å². The van der Waals surface area contributed by atoms with E-state index in [1.165, 1.54) is 32.1 Å². The second kappa shape index (κ2) is 8.55. The summed E-state index contributed by atoms with van der Waals surface area (Å²) >= 11 is 0. The first-order chi connectivity index (χ1) is 7.00. The van der Waals surface area contributed by atoms with Gasteiger partial charge in [0.15, 0.2) is 0 Å². The first-order valence-electron chi connectivity index (χ1n) is 5.53. The summed E-state index contributed by atoms with van der Waals surface area (Å²) in [5, 5.41) is 0. The summed E-state index contributed by atoms with van der Waals surface area (Å²) in [6.07, 6.45) is 25.5. The van der Waals surface area contributed by atoms with E-state index < -0.39 is 0 Å². The van der Waals surface area contributed by atoms with Crippen LogP contribution in [-0.2, 0) is 0 Å². The van der Waals surface area contributed by atoms with E-state index in [0.29, 0.717) is 0 Å². The van der Waals surface area contributed by atoms with Crippen molar-refractivity contribution in [3.05, 3.63) is 48.6 Å². The third-order valence-electron chi connectivity index (χ3n) is 2.16. The highest BCUT2D eigenvalue weighted by Gasteiger charge is 1.82. The van der Waals surface area contributed by atoms with Crippen LogP contribution < -0.4 is 0 Å². The first kappa shape index (κ1) is 11.0. The van der Waals surface area contributed by atoms with Crippen LogP contribution in [0.3, 0.4) is 0 Å². The molecule has 0 saturated carbocycles. The molecule has 1 radical (unpaired) electrons. The predicted octanol–water partition coefficient (Wildman–Crippen LogP) is 4.37. The van der Waals surface area contributed by atoms with Gasteiger partial charge in [0.05, 0.1) is 0 Å². The van der Waals surface area contributed by atoms with E-state index in [2.05, 4.69) is 42.5 Å². The molecule has 0 amide bonds. The summed E-state index contributed by atoms with van der Waals surface area (Å²) in [4.78, 5) is 0. The largest absolute Gasteiger partial charge is 0.0885 e. The second-order valence-electron chi connectivity index (χ2n) is 3.46. The average molecular weight is 187 g/mol. The quantitative estimate of drug-likeness (QED) is 0.494. The van der Waals surface area contributed by atoms with Crippen LogP contribution in [0.4, 0.5) is 0 Å². The van der Waals surface area contributed by atoms with Crippen molar-refractivity contribution in [1.82, 2.24) is 0 Å². The maximum atomic E-state index is 3.16. The van der Waals surface area contributed by atoms with E-state index in [9.17, 15) is 0 Å². The zero-order valence-electron chi connectivity index (χ0n) is 8.78. The molecule has 1 aliphatic rings. The molecule has 0 fully saturated rings. The van der Waals surface area contributed by atoms with Gasteiger partial charge >= 0.3 is 0 Å². The van der Waals surface area contributed by atoms with E-state index in [-0.39, 0.29) is 0 Å². The molecule has 0 aromatic carbocycles. The lowest BCUT2D eigenvalue weighted by Crippen LogP contribution is -1.71. The summed E-state index contributed by atoms with van der Waals surface area (Å²) in [6.45, 7) is 0. The lowest BCUT2D eigenvalue weighted by molar-refractivity contribution is 0.862. The number of allylic oxidation sites excluding steroid dienone is 8. The van der Waals surface area contributed by atoms with Crippen LogP contribution in [0.2, 0.25) is 0 Å². The fourth-order valence-electron chi connectivity index (χ4n) is 1.35.